The summed E-state index contributed by atoms with van der Waals surface area (Å²) >= 11 is 0. The van der Waals surface area contributed by atoms with Crippen LogP contribution in [0, 0.1) is 0 Å². The Morgan fingerprint density at radius 1 is 1.25 bits per heavy atom. The van der Waals surface area contributed by atoms with Gasteiger partial charge in [0.15, 0.2) is 0 Å². The van der Waals surface area contributed by atoms with Gasteiger partial charge in [0.25, 0.3) is 0 Å². The topological polar surface area (TPSA) is 28.6 Å². The summed E-state index contributed by atoms with van der Waals surface area (Å²) in [6, 6.07) is 6.21. The van der Waals surface area contributed by atoms with Crippen molar-refractivity contribution in [3.63, 3.8) is 0 Å². The van der Waals surface area contributed by atoms with E-state index < -0.39 is 0 Å². The second-order valence-electron chi connectivity index (χ2n) is 6.31. The van der Waals surface area contributed by atoms with Gasteiger partial charge < -0.3 is 4.74 Å². The van der Waals surface area contributed by atoms with E-state index in [4.69, 9.17) is 4.74 Å². The molecule has 0 amide bonds. The van der Waals surface area contributed by atoms with E-state index in [1.807, 2.05) is 12.3 Å². The molecule has 2 unspecified atom stereocenters. The molecule has 2 atom stereocenters. The van der Waals surface area contributed by atoms with Crippen molar-refractivity contribution in [2.24, 2.45) is 0 Å². The Bertz CT molecular complexity index is 432. The molecule has 1 aromatic rings. The Morgan fingerprint density at radius 3 is 2.45 bits per heavy atom. The van der Waals surface area contributed by atoms with E-state index in [0.717, 1.165) is 18.6 Å². The molecule has 2 fully saturated rings. The van der Waals surface area contributed by atoms with Gasteiger partial charge in [0, 0.05) is 50.0 Å². The first kappa shape index (κ1) is 13.8. The SMILES string of the molecule is COc1ccc(CN2C3CCC2CN(C(C)C)C3)cn1. The van der Waals surface area contributed by atoms with Crippen LogP contribution in [-0.4, -0.2) is 53.1 Å². The Labute approximate surface area is 121 Å². The fourth-order valence-corrected chi connectivity index (χ4v) is 3.54. The van der Waals surface area contributed by atoms with Gasteiger partial charge in [-0.1, -0.05) is 6.07 Å². The number of pyridine rings is 1. The second kappa shape index (κ2) is 5.70. The standard InChI is InChI=1S/C16H25N3O/c1-12(2)18-10-14-5-6-15(11-18)19(14)9-13-4-7-16(20-3)17-8-13/h4,7-8,12,14-15H,5-6,9-11H2,1-3H3. The molecule has 3 heterocycles. The summed E-state index contributed by atoms with van der Waals surface area (Å²) < 4.78 is 5.12. The highest BCUT2D eigenvalue weighted by molar-refractivity contribution is 5.18. The fourth-order valence-electron chi connectivity index (χ4n) is 3.54. The van der Waals surface area contributed by atoms with Crippen LogP contribution < -0.4 is 4.74 Å². The number of fused-ring (bicyclic) bond motifs is 2. The third-order valence-corrected chi connectivity index (χ3v) is 4.76. The van der Waals surface area contributed by atoms with Crippen LogP contribution in [-0.2, 0) is 6.54 Å². The molecule has 2 aliphatic rings. The number of methoxy groups -OCH3 is 1. The van der Waals surface area contributed by atoms with Gasteiger partial charge in [-0.2, -0.15) is 0 Å². The van der Waals surface area contributed by atoms with Crippen molar-refractivity contribution in [2.45, 2.75) is 51.4 Å². The zero-order chi connectivity index (χ0) is 14.1. The predicted molar refractivity (Wildman–Crippen MR) is 79.9 cm³/mol. The molecule has 110 valence electrons. The lowest BCUT2D eigenvalue weighted by Crippen LogP contribution is -2.54. The highest BCUT2D eigenvalue weighted by Gasteiger charge is 2.40. The number of ether oxygens (including phenoxy) is 1. The molecule has 0 spiro atoms. The molecule has 0 N–H and O–H groups in total. The summed E-state index contributed by atoms with van der Waals surface area (Å²) in [4.78, 5) is 9.63. The van der Waals surface area contributed by atoms with Crippen LogP contribution in [0.5, 0.6) is 5.88 Å². The Balaban J connectivity index is 1.66. The number of likely N-dealkylation sites (tertiary alicyclic amines) is 1. The van der Waals surface area contributed by atoms with Crippen molar-refractivity contribution in [1.82, 2.24) is 14.8 Å². The third kappa shape index (κ3) is 2.67. The third-order valence-electron chi connectivity index (χ3n) is 4.76. The lowest BCUT2D eigenvalue weighted by Gasteiger charge is -2.42. The first-order chi connectivity index (χ1) is 9.67. The number of hydrogen-bond donors (Lipinski definition) is 0. The molecule has 0 aromatic carbocycles. The number of nitrogens with zero attached hydrogens (tertiary/aromatic N) is 3. The lowest BCUT2D eigenvalue weighted by atomic mass is 10.1. The maximum Gasteiger partial charge on any atom is 0.212 e. The summed E-state index contributed by atoms with van der Waals surface area (Å²) in [5.41, 5.74) is 1.29. The molecule has 20 heavy (non-hydrogen) atoms. The summed E-state index contributed by atoms with van der Waals surface area (Å²) in [7, 11) is 1.66. The fraction of sp³-hybridized carbons (Fsp3) is 0.688. The molecule has 2 aliphatic heterocycles. The second-order valence-corrected chi connectivity index (χ2v) is 6.31. The van der Waals surface area contributed by atoms with Crippen LogP contribution in [0.1, 0.15) is 32.3 Å². The van der Waals surface area contributed by atoms with E-state index in [-0.39, 0.29) is 0 Å². The van der Waals surface area contributed by atoms with Crippen LogP contribution >= 0.6 is 0 Å². The lowest BCUT2D eigenvalue weighted by molar-refractivity contribution is 0.0441. The van der Waals surface area contributed by atoms with E-state index in [1.165, 1.54) is 31.5 Å². The van der Waals surface area contributed by atoms with Gasteiger partial charge in [0.05, 0.1) is 7.11 Å². The molecule has 2 saturated heterocycles. The van der Waals surface area contributed by atoms with Crippen molar-refractivity contribution in [2.75, 3.05) is 20.2 Å². The zero-order valence-corrected chi connectivity index (χ0v) is 12.7. The van der Waals surface area contributed by atoms with Crippen LogP contribution in [0.25, 0.3) is 0 Å². The van der Waals surface area contributed by atoms with Gasteiger partial charge in [-0.3, -0.25) is 9.80 Å². The van der Waals surface area contributed by atoms with Gasteiger partial charge in [-0.25, -0.2) is 4.98 Å². The molecule has 4 heteroatoms. The molecule has 0 aliphatic carbocycles. The average Bonchev–Trinajstić information content (AvgIpc) is 2.70. The van der Waals surface area contributed by atoms with E-state index in [2.05, 4.69) is 34.7 Å². The molecule has 0 radical (unpaired) electrons. The molecule has 1 aromatic heterocycles. The molecule has 4 nitrogen and oxygen atoms in total. The Hall–Kier alpha value is -1.13. The minimum absolute atomic E-state index is 0.669. The van der Waals surface area contributed by atoms with Crippen molar-refractivity contribution >= 4 is 0 Å². The van der Waals surface area contributed by atoms with Crippen LogP contribution in [0.4, 0.5) is 0 Å². The molecule has 0 saturated carbocycles. The molecule has 3 rings (SSSR count). The van der Waals surface area contributed by atoms with Gasteiger partial charge in [-0.05, 0) is 32.3 Å². The highest BCUT2D eigenvalue weighted by Crippen LogP contribution is 2.32. The monoisotopic (exact) mass is 275 g/mol. The summed E-state index contributed by atoms with van der Waals surface area (Å²) in [5, 5.41) is 0. The van der Waals surface area contributed by atoms with Gasteiger partial charge in [0.2, 0.25) is 5.88 Å². The van der Waals surface area contributed by atoms with E-state index in [0.29, 0.717) is 11.9 Å². The smallest absolute Gasteiger partial charge is 0.212 e. The molecular weight excluding hydrogens is 250 g/mol. The minimum Gasteiger partial charge on any atom is -0.481 e. The normalized spacial score (nSPS) is 27.2. The Morgan fingerprint density at radius 2 is 1.95 bits per heavy atom. The number of rotatable bonds is 4. The maximum absolute atomic E-state index is 5.12. The number of piperazine rings is 1. The summed E-state index contributed by atoms with van der Waals surface area (Å²) in [6.07, 6.45) is 4.64. The van der Waals surface area contributed by atoms with Gasteiger partial charge in [0.1, 0.15) is 0 Å². The maximum atomic E-state index is 5.12. The van der Waals surface area contributed by atoms with Gasteiger partial charge >= 0.3 is 0 Å². The average molecular weight is 275 g/mol. The largest absolute Gasteiger partial charge is 0.481 e. The van der Waals surface area contributed by atoms with Crippen molar-refractivity contribution in [1.29, 1.82) is 0 Å². The summed E-state index contributed by atoms with van der Waals surface area (Å²) in [5.74, 6) is 0.696. The van der Waals surface area contributed by atoms with Crippen LogP contribution in [0.2, 0.25) is 0 Å². The van der Waals surface area contributed by atoms with Crippen molar-refractivity contribution in [3.05, 3.63) is 23.9 Å². The van der Waals surface area contributed by atoms with Gasteiger partial charge in [-0.15, -0.1) is 0 Å². The van der Waals surface area contributed by atoms with Crippen molar-refractivity contribution < 1.29 is 4.74 Å². The quantitative estimate of drug-likeness (QED) is 0.842. The Kier molecular flexibility index (Phi) is 3.94. The minimum atomic E-state index is 0.669. The molecular formula is C16H25N3O. The first-order valence-corrected chi connectivity index (χ1v) is 7.66. The molecule has 2 bridgehead atoms. The van der Waals surface area contributed by atoms with E-state index in [1.54, 1.807) is 7.11 Å². The number of aromatic nitrogens is 1. The van der Waals surface area contributed by atoms with E-state index >= 15 is 0 Å². The number of hydrogen-bond acceptors (Lipinski definition) is 4. The van der Waals surface area contributed by atoms with Crippen LogP contribution in [0.3, 0.4) is 0 Å². The van der Waals surface area contributed by atoms with E-state index in [9.17, 15) is 0 Å². The predicted octanol–water partition coefficient (Wildman–Crippen LogP) is 2.15. The summed E-state index contributed by atoms with van der Waals surface area (Å²) in [6.45, 7) is 8.08. The first-order valence-electron chi connectivity index (χ1n) is 7.66. The zero-order valence-electron chi connectivity index (χ0n) is 12.7. The van der Waals surface area contributed by atoms with Crippen molar-refractivity contribution in [3.8, 4) is 5.88 Å². The van der Waals surface area contributed by atoms with Crippen LogP contribution in [0.15, 0.2) is 18.3 Å². The highest BCUT2D eigenvalue weighted by atomic mass is 16.5.